The number of aryl methyl sites for hydroxylation is 1. The Morgan fingerprint density at radius 1 is 1.46 bits per heavy atom. The third-order valence-electron chi connectivity index (χ3n) is 1.80. The molecule has 0 spiro atoms. The third kappa shape index (κ3) is 2.06. The average Bonchev–Trinajstić information content (AvgIpc) is 2.12. The molecule has 0 saturated heterocycles. The van der Waals surface area contributed by atoms with Crippen LogP contribution in [0.2, 0.25) is 0 Å². The molecule has 0 bridgehead atoms. The van der Waals surface area contributed by atoms with Crippen molar-refractivity contribution in [3.8, 4) is 0 Å². The summed E-state index contributed by atoms with van der Waals surface area (Å²) in [4.78, 5) is 0. The van der Waals surface area contributed by atoms with Gasteiger partial charge in [0.25, 0.3) is 0 Å². The highest BCUT2D eigenvalue weighted by Gasteiger charge is 2.18. The van der Waals surface area contributed by atoms with E-state index in [0.717, 1.165) is 6.07 Å². The second-order valence-corrected chi connectivity index (χ2v) is 3.41. The summed E-state index contributed by atoms with van der Waals surface area (Å²) >= 11 is 2.96. The van der Waals surface area contributed by atoms with Crippen LogP contribution in [0.3, 0.4) is 0 Å². The SMILES string of the molecule is Cc1ccc(F)c(C(O)CBr)c1F. The van der Waals surface area contributed by atoms with Gasteiger partial charge in [-0.25, -0.2) is 8.78 Å². The topological polar surface area (TPSA) is 20.2 Å². The van der Waals surface area contributed by atoms with Gasteiger partial charge in [-0.05, 0) is 18.6 Å². The van der Waals surface area contributed by atoms with Crippen molar-refractivity contribution in [1.82, 2.24) is 0 Å². The van der Waals surface area contributed by atoms with Crippen LogP contribution < -0.4 is 0 Å². The maximum atomic E-state index is 13.3. The predicted octanol–water partition coefficient (Wildman–Crippen LogP) is 2.70. The highest BCUT2D eigenvalue weighted by atomic mass is 79.9. The first-order valence-corrected chi connectivity index (χ1v) is 4.88. The fourth-order valence-electron chi connectivity index (χ4n) is 1.06. The molecule has 1 unspecified atom stereocenters. The summed E-state index contributed by atoms with van der Waals surface area (Å²) in [5.41, 5.74) is 0.0632. The normalized spacial score (nSPS) is 13.0. The van der Waals surface area contributed by atoms with Gasteiger partial charge in [0.1, 0.15) is 11.6 Å². The Morgan fingerprint density at radius 3 is 2.62 bits per heavy atom. The van der Waals surface area contributed by atoms with Gasteiger partial charge < -0.3 is 5.11 Å². The molecular formula is C9H9BrF2O. The van der Waals surface area contributed by atoms with E-state index in [0.29, 0.717) is 5.56 Å². The molecule has 1 atom stereocenters. The molecule has 1 rings (SSSR count). The van der Waals surface area contributed by atoms with E-state index in [1.165, 1.54) is 13.0 Å². The van der Waals surface area contributed by atoms with Crippen LogP contribution in [0.15, 0.2) is 12.1 Å². The number of rotatable bonds is 2. The standard InChI is InChI=1S/C9H9BrF2O/c1-5-2-3-6(11)8(9(5)12)7(13)4-10/h2-3,7,13H,4H2,1H3. The molecule has 0 amide bonds. The molecule has 0 heterocycles. The minimum atomic E-state index is -1.14. The van der Waals surface area contributed by atoms with Gasteiger partial charge in [-0.15, -0.1) is 0 Å². The van der Waals surface area contributed by atoms with E-state index < -0.39 is 17.7 Å². The van der Waals surface area contributed by atoms with E-state index in [4.69, 9.17) is 0 Å². The first-order valence-electron chi connectivity index (χ1n) is 3.76. The van der Waals surface area contributed by atoms with Gasteiger partial charge in [-0.3, -0.25) is 0 Å². The van der Waals surface area contributed by atoms with Crippen molar-refractivity contribution in [2.75, 3.05) is 5.33 Å². The van der Waals surface area contributed by atoms with Crippen molar-refractivity contribution < 1.29 is 13.9 Å². The summed E-state index contributed by atoms with van der Waals surface area (Å²) in [5, 5.41) is 9.40. The molecule has 0 aliphatic carbocycles. The van der Waals surface area contributed by atoms with E-state index in [1.807, 2.05) is 0 Å². The number of aliphatic hydroxyl groups excluding tert-OH is 1. The van der Waals surface area contributed by atoms with Crippen molar-refractivity contribution >= 4 is 15.9 Å². The van der Waals surface area contributed by atoms with Crippen molar-refractivity contribution in [2.24, 2.45) is 0 Å². The largest absolute Gasteiger partial charge is 0.387 e. The smallest absolute Gasteiger partial charge is 0.134 e. The Hall–Kier alpha value is -0.480. The van der Waals surface area contributed by atoms with Gasteiger partial charge >= 0.3 is 0 Å². The zero-order valence-corrected chi connectivity index (χ0v) is 8.61. The second-order valence-electron chi connectivity index (χ2n) is 2.76. The van der Waals surface area contributed by atoms with Gasteiger partial charge in [-0.2, -0.15) is 0 Å². The Balaban J connectivity index is 3.25. The molecular weight excluding hydrogens is 242 g/mol. The lowest BCUT2D eigenvalue weighted by Gasteiger charge is -2.11. The van der Waals surface area contributed by atoms with Crippen molar-refractivity contribution in [3.63, 3.8) is 0 Å². The number of halogens is 3. The average molecular weight is 251 g/mol. The minimum absolute atomic E-state index is 0.115. The van der Waals surface area contributed by atoms with E-state index in [1.54, 1.807) is 0 Å². The lowest BCUT2D eigenvalue weighted by Crippen LogP contribution is -2.06. The van der Waals surface area contributed by atoms with E-state index in [2.05, 4.69) is 15.9 Å². The van der Waals surface area contributed by atoms with Crippen LogP contribution in [-0.4, -0.2) is 10.4 Å². The van der Waals surface area contributed by atoms with Crippen LogP contribution in [0.4, 0.5) is 8.78 Å². The molecule has 1 aromatic carbocycles. The summed E-state index contributed by atoms with van der Waals surface area (Å²) < 4.78 is 26.3. The predicted molar refractivity (Wildman–Crippen MR) is 49.8 cm³/mol. The number of alkyl halides is 1. The summed E-state index contributed by atoms with van der Waals surface area (Å²) in [5.74, 6) is -1.39. The van der Waals surface area contributed by atoms with E-state index in [9.17, 15) is 13.9 Å². The summed E-state index contributed by atoms with van der Waals surface area (Å²) in [6.07, 6.45) is -1.14. The number of aliphatic hydroxyl groups is 1. The van der Waals surface area contributed by atoms with Crippen LogP contribution >= 0.6 is 15.9 Å². The van der Waals surface area contributed by atoms with Crippen molar-refractivity contribution in [3.05, 3.63) is 34.9 Å². The van der Waals surface area contributed by atoms with Gasteiger partial charge in [0.15, 0.2) is 0 Å². The molecule has 0 aliphatic rings. The molecule has 13 heavy (non-hydrogen) atoms. The van der Waals surface area contributed by atoms with Crippen LogP contribution in [0.25, 0.3) is 0 Å². The highest BCUT2D eigenvalue weighted by molar-refractivity contribution is 9.09. The quantitative estimate of drug-likeness (QED) is 0.801. The number of hydrogen-bond acceptors (Lipinski definition) is 1. The van der Waals surface area contributed by atoms with Gasteiger partial charge in [0.05, 0.1) is 11.7 Å². The molecule has 0 fully saturated rings. The molecule has 1 aromatic rings. The van der Waals surface area contributed by atoms with Gasteiger partial charge in [0, 0.05) is 5.33 Å². The first kappa shape index (κ1) is 10.6. The zero-order chi connectivity index (χ0) is 10.0. The summed E-state index contributed by atoms with van der Waals surface area (Å²) in [6.45, 7) is 1.53. The molecule has 72 valence electrons. The van der Waals surface area contributed by atoms with Crippen molar-refractivity contribution in [1.29, 1.82) is 0 Å². The van der Waals surface area contributed by atoms with E-state index in [-0.39, 0.29) is 10.9 Å². The zero-order valence-electron chi connectivity index (χ0n) is 7.02. The molecule has 0 saturated carbocycles. The summed E-state index contributed by atoms with van der Waals surface area (Å²) in [6, 6.07) is 2.49. The molecule has 1 N–H and O–H groups in total. The summed E-state index contributed by atoms with van der Waals surface area (Å²) in [7, 11) is 0. The Morgan fingerprint density at radius 2 is 2.08 bits per heavy atom. The number of hydrogen-bond donors (Lipinski definition) is 1. The minimum Gasteiger partial charge on any atom is -0.387 e. The Bertz CT molecular complexity index is 315. The van der Waals surface area contributed by atoms with Crippen LogP contribution in [0.1, 0.15) is 17.2 Å². The molecule has 0 aliphatic heterocycles. The monoisotopic (exact) mass is 250 g/mol. The van der Waals surface area contributed by atoms with Crippen LogP contribution in [-0.2, 0) is 0 Å². The maximum Gasteiger partial charge on any atom is 0.134 e. The van der Waals surface area contributed by atoms with Crippen LogP contribution in [0.5, 0.6) is 0 Å². The lowest BCUT2D eigenvalue weighted by atomic mass is 10.1. The maximum absolute atomic E-state index is 13.3. The van der Waals surface area contributed by atoms with Crippen LogP contribution in [0, 0.1) is 18.6 Å². The molecule has 4 heteroatoms. The van der Waals surface area contributed by atoms with Crippen molar-refractivity contribution in [2.45, 2.75) is 13.0 Å². The third-order valence-corrected chi connectivity index (χ3v) is 2.41. The molecule has 0 aromatic heterocycles. The van der Waals surface area contributed by atoms with Gasteiger partial charge in [0.2, 0.25) is 0 Å². The fraction of sp³-hybridized carbons (Fsp3) is 0.333. The Kier molecular flexibility index (Phi) is 3.39. The number of benzene rings is 1. The second kappa shape index (κ2) is 4.15. The Labute approximate surface area is 83.5 Å². The lowest BCUT2D eigenvalue weighted by molar-refractivity contribution is 0.194. The highest BCUT2D eigenvalue weighted by Crippen LogP contribution is 2.24. The van der Waals surface area contributed by atoms with Gasteiger partial charge in [-0.1, -0.05) is 22.0 Å². The van der Waals surface area contributed by atoms with E-state index >= 15 is 0 Å². The first-order chi connectivity index (χ1) is 6.07. The fourth-order valence-corrected chi connectivity index (χ4v) is 1.38. The molecule has 0 radical (unpaired) electrons. The molecule has 1 nitrogen and oxygen atoms in total.